The molecule has 1 fully saturated rings. The molecule has 0 spiro atoms. The number of para-hydroxylation sites is 2. The predicted molar refractivity (Wildman–Crippen MR) is 144 cm³/mol. The number of nitro groups is 2. The summed E-state index contributed by atoms with van der Waals surface area (Å²) >= 11 is 0. The largest absolute Gasteiger partial charge is 0.495 e. The van der Waals surface area contributed by atoms with E-state index in [4.69, 9.17) is 9.47 Å². The van der Waals surface area contributed by atoms with E-state index in [-0.39, 0.29) is 27.7 Å². The van der Waals surface area contributed by atoms with Crippen LogP contribution in [0.15, 0.2) is 70.7 Å². The Balaban J connectivity index is 1.54. The number of rotatable bonds is 10. The summed E-state index contributed by atoms with van der Waals surface area (Å²) in [5.74, 6) is 0.279. The summed E-state index contributed by atoms with van der Waals surface area (Å²) in [5, 5.41) is 27.3. The van der Waals surface area contributed by atoms with Gasteiger partial charge in [0.1, 0.15) is 17.1 Å². The Morgan fingerprint density at radius 3 is 2.38 bits per heavy atom. The SMILES string of the molecule is COc1ccccc1NS(=O)(=O)c1ccc(N/N=C\c2ccc(N3CCOCC3)c([N+](=O)[O-])c2)c([N+](=O)[O-])c1. The summed E-state index contributed by atoms with van der Waals surface area (Å²) in [4.78, 5) is 23.6. The molecule has 1 aliphatic heterocycles. The van der Waals surface area contributed by atoms with Gasteiger partial charge in [-0.05, 0) is 30.3 Å². The molecule has 0 amide bonds. The summed E-state index contributed by atoms with van der Waals surface area (Å²) in [6.45, 7) is 2.00. The minimum atomic E-state index is -4.18. The monoisotopic (exact) mass is 556 g/mol. The van der Waals surface area contributed by atoms with E-state index in [1.165, 1.54) is 37.6 Å². The number of methoxy groups -OCH3 is 1. The number of ether oxygens (including phenoxy) is 2. The molecule has 0 saturated carbocycles. The van der Waals surface area contributed by atoms with Gasteiger partial charge >= 0.3 is 0 Å². The first-order valence-electron chi connectivity index (χ1n) is 11.5. The maximum Gasteiger partial charge on any atom is 0.295 e. The molecule has 4 rings (SSSR count). The maximum absolute atomic E-state index is 12.9. The van der Waals surface area contributed by atoms with Gasteiger partial charge in [-0.1, -0.05) is 18.2 Å². The van der Waals surface area contributed by atoms with Crippen LogP contribution in [0.4, 0.5) is 28.4 Å². The molecule has 0 atom stereocenters. The number of sulfonamides is 1. The summed E-state index contributed by atoms with van der Waals surface area (Å²) in [6.07, 6.45) is 1.27. The van der Waals surface area contributed by atoms with Crippen LogP contribution in [0, 0.1) is 20.2 Å². The van der Waals surface area contributed by atoms with Gasteiger partial charge in [-0.2, -0.15) is 5.10 Å². The van der Waals surface area contributed by atoms with Crippen molar-refractivity contribution >= 4 is 44.7 Å². The molecule has 2 N–H and O–H groups in total. The van der Waals surface area contributed by atoms with Gasteiger partial charge in [-0.15, -0.1) is 0 Å². The van der Waals surface area contributed by atoms with E-state index in [9.17, 15) is 28.6 Å². The molecule has 3 aromatic rings. The van der Waals surface area contributed by atoms with Crippen LogP contribution in [0.25, 0.3) is 0 Å². The molecule has 1 saturated heterocycles. The van der Waals surface area contributed by atoms with Gasteiger partial charge in [0, 0.05) is 30.8 Å². The van der Waals surface area contributed by atoms with Gasteiger partial charge in [0.25, 0.3) is 21.4 Å². The van der Waals surface area contributed by atoms with Crippen LogP contribution in [0.3, 0.4) is 0 Å². The fraction of sp³-hybridized carbons (Fsp3) is 0.208. The van der Waals surface area contributed by atoms with Crippen molar-refractivity contribution in [2.75, 3.05) is 48.5 Å². The van der Waals surface area contributed by atoms with E-state index in [0.717, 1.165) is 6.07 Å². The highest BCUT2D eigenvalue weighted by atomic mass is 32.2. The van der Waals surface area contributed by atoms with Crippen molar-refractivity contribution in [3.05, 3.63) is 86.5 Å². The summed E-state index contributed by atoms with van der Waals surface area (Å²) < 4.78 is 38.6. The number of benzene rings is 3. The van der Waals surface area contributed by atoms with Crippen molar-refractivity contribution < 1.29 is 27.7 Å². The quantitative estimate of drug-likeness (QED) is 0.213. The third kappa shape index (κ3) is 6.39. The minimum Gasteiger partial charge on any atom is -0.495 e. The smallest absolute Gasteiger partial charge is 0.295 e. The lowest BCUT2D eigenvalue weighted by molar-refractivity contribution is -0.384. The van der Waals surface area contributed by atoms with Crippen molar-refractivity contribution in [3.63, 3.8) is 0 Å². The molecule has 0 aliphatic carbocycles. The van der Waals surface area contributed by atoms with Crippen LogP contribution in [0.2, 0.25) is 0 Å². The number of hydrogen-bond acceptors (Lipinski definition) is 11. The Hall–Kier alpha value is -4.76. The van der Waals surface area contributed by atoms with Crippen LogP contribution >= 0.6 is 0 Å². The predicted octanol–water partition coefficient (Wildman–Crippen LogP) is 3.60. The second kappa shape index (κ2) is 11.7. The number of nitrogens with one attached hydrogen (secondary N) is 2. The lowest BCUT2D eigenvalue weighted by atomic mass is 10.1. The van der Waals surface area contributed by atoms with Gasteiger partial charge in [-0.3, -0.25) is 30.4 Å². The van der Waals surface area contributed by atoms with E-state index in [1.54, 1.807) is 30.3 Å². The number of anilines is 3. The molecule has 0 aromatic heterocycles. The third-order valence-corrected chi connectivity index (χ3v) is 7.14. The Morgan fingerprint density at radius 1 is 0.974 bits per heavy atom. The topological polar surface area (TPSA) is 179 Å². The molecule has 204 valence electrons. The highest BCUT2D eigenvalue weighted by molar-refractivity contribution is 7.92. The minimum absolute atomic E-state index is 0.0769. The maximum atomic E-state index is 12.9. The first-order valence-corrected chi connectivity index (χ1v) is 13.0. The molecule has 39 heavy (non-hydrogen) atoms. The van der Waals surface area contributed by atoms with Crippen LogP contribution in [0.5, 0.6) is 5.75 Å². The Kier molecular flexibility index (Phi) is 8.21. The summed E-state index contributed by atoms with van der Waals surface area (Å²) in [5.41, 5.74) is 2.80. The zero-order chi connectivity index (χ0) is 28.0. The van der Waals surface area contributed by atoms with Crippen LogP contribution < -0.4 is 19.8 Å². The fourth-order valence-corrected chi connectivity index (χ4v) is 4.96. The van der Waals surface area contributed by atoms with Crippen molar-refractivity contribution in [1.29, 1.82) is 0 Å². The zero-order valence-electron chi connectivity index (χ0n) is 20.6. The van der Waals surface area contributed by atoms with E-state index >= 15 is 0 Å². The first-order chi connectivity index (χ1) is 18.7. The number of hydrogen-bond donors (Lipinski definition) is 2. The van der Waals surface area contributed by atoms with Crippen molar-refractivity contribution in [3.8, 4) is 5.75 Å². The molecule has 1 heterocycles. The van der Waals surface area contributed by atoms with Gasteiger partial charge < -0.3 is 14.4 Å². The van der Waals surface area contributed by atoms with Gasteiger partial charge in [0.2, 0.25) is 0 Å². The Bertz CT molecular complexity index is 1520. The van der Waals surface area contributed by atoms with Gasteiger partial charge in [0.15, 0.2) is 0 Å². The Labute approximate surface area is 223 Å². The molecule has 0 bridgehead atoms. The highest BCUT2D eigenvalue weighted by Gasteiger charge is 2.23. The van der Waals surface area contributed by atoms with Crippen LogP contribution in [-0.2, 0) is 14.8 Å². The van der Waals surface area contributed by atoms with Crippen LogP contribution in [-0.4, -0.2) is 57.9 Å². The lowest BCUT2D eigenvalue weighted by Gasteiger charge is -2.28. The fourth-order valence-electron chi connectivity index (χ4n) is 3.87. The van der Waals surface area contributed by atoms with Gasteiger partial charge in [0.05, 0.1) is 47.0 Å². The standard InChI is InChI=1S/C24H24N6O8S/c1-37-24-5-3-2-4-20(24)27-39(35,36)18-7-8-19(22(15-18)29(31)32)26-25-16-17-6-9-21(23(14-17)30(33)34)28-10-12-38-13-11-28/h2-9,14-16,26-27H,10-13H2,1H3/b25-16-. The summed E-state index contributed by atoms with van der Waals surface area (Å²) in [6, 6.07) is 14.2. The molecule has 15 heteroatoms. The molecular formula is C24H24N6O8S. The van der Waals surface area contributed by atoms with Crippen molar-refractivity contribution in [1.82, 2.24) is 0 Å². The molecular weight excluding hydrogens is 532 g/mol. The average molecular weight is 557 g/mol. The Morgan fingerprint density at radius 2 is 1.69 bits per heavy atom. The van der Waals surface area contributed by atoms with E-state index in [2.05, 4.69) is 15.2 Å². The normalized spacial score (nSPS) is 13.7. The number of nitrogens with zero attached hydrogens (tertiary/aromatic N) is 4. The van der Waals surface area contributed by atoms with E-state index < -0.39 is 25.6 Å². The second-order valence-corrected chi connectivity index (χ2v) is 9.90. The highest BCUT2D eigenvalue weighted by Crippen LogP contribution is 2.32. The molecule has 3 aromatic carbocycles. The third-order valence-electron chi connectivity index (χ3n) is 5.77. The number of nitro benzene ring substituents is 2. The van der Waals surface area contributed by atoms with Crippen LogP contribution in [0.1, 0.15) is 5.56 Å². The number of morpholine rings is 1. The zero-order valence-corrected chi connectivity index (χ0v) is 21.5. The van der Waals surface area contributed by atoms with Crippen molar-refractivity contribution in [2.45, 2.75) is 4.90 Å². The van der Waals surface area contributed by atoms with Crippen molar-refractivity contribution in [2.24, 2.45) is 5.10 Å². The average Bonchev–Trinajstić information content (AvgIpc) is 2.93. The number of hydrazone groups is 1. The molecule has 14 nitrogen and oxygen atoms in total. The van der Waals surface area contributed by atoms with Gasteiger partial charge in [-0.25, -0.2) is 8.42 Å². The molecule has 0 radical (unpaired) electrons. The lowest BCUT2D eigenvalue weighted by Crippen LogP contribution is -2.36. The summed E-state index contributed by atoms with van der Waals surface area (Å²) in [7, 11) is -2.80. The first kappa shape index (κ1) is 27.3. The van der Waals surface area contributed by atoms with E-state index in [1.807, 2.05) is 4.90 Å². The van der Waals surface area contributed by atoms with E-state index in [0.29, 0.717) is 37.6 Å². The second-order valence-electron chi connectivity index (χ2n) is 8.22. The molecule has 1 aliphatic rings. The molecule has 0 unspecified atom stereocenters.